The van der Waals surface area contributed by atoms with Crippen LogP contribution in [-0.4, -0.2) is 48.2 Å². The molecule has 4 nitrogen and oxygen atoms in total. The van der Waals surface area contributed by atoms with Crippen LogP contribution in [0.5, 0.6) is 0 Å². The van der Waals surface area contributed by atoms with E-state index in [0.717, 1.165) is 6.42 Å². The van der Waals surface area contributed by atoms with Crippen molar-refractivity contribution in [3.8, 4) is 0 Å². The summed E-state index contributed by atoms with van der Waals surface area (Å²) in [5.41, 5.74) is 1.26. The number of likely N-dealkylation sites (N-methyl/N-ethyl adjacent to an activating group) is 1. The summed E-state index contributed by atoms with van der Waals surface area (Å²) in [5, 5.41) is 15.1. The Labute approximate surface area is 142 Å². The largest absolute Gasteiger partial charge is 0.392 e. The van der Waals surface area contributed by atoms with E-state index in [2.05, 4.69) is 35.6 Å². The van der Waals surface area contributed by atoms with E-state index in [9.17, 15) is 9.90 Å². The van der Waals surface area contributed by atoms with Crippen LogP contribution in [0.1, 0.15) is 12.0 Å². The highest BCUT2D eigenvalue weighted by Gasteiger charge is 2.29. The number of nitrogens with one attached hydrogen (secondary N) is 1. The summed E-state index contributed by atoms with van der Waals surface area (Å²) < 4.78 is 0. The Bertz CT molecular complexity index is 672. The fraction of sp³-hybridized carbons (Fsp3) is 0.389. The molecule has 1 aliphatic heterocycles. The molecule has 1 heterocycles. The molecule has 1 fully saturated rings. The molecule has 0 spiro atoms. The van der Waals surface area contributed by atoms with E-state index >= 15 is 0 Å². The number of nitrogens with zero attached hydrogens (tertiary/aromatic N) is 1. The Morgan fingerprint density at radius 3 is 2.74 bits per heavy atom. The quantitative estimate of drug-likeness (QED) is 0.899. The van der Waals surface area contributed by atoms with Gasteiger partial charge in [0.15, 0.2) is 0 Å². The maximum Gasteiger partial charge on any atom is 0.239 e. The van der Waals surface area contributed by atoms with E-state index in [1.807, 2.05) is 19.2 Å². The number of benzene rings is 2. The predicted molar refractivity (Wildman–Crippen MR) is 95.0 cm³/mol. The van der Waals surface area contributed by atoms with Gasteiger partial charge in [0.25, 0.3) is 0 Å². The molecule has 5 heteroatoms. The smallest absolute Gasteiger partial charge is 0.239 e. The average molecular weight is 335 g/mol. The lowest BCUT2D eigenvalue weighted by Gasteiger charge is -2.21. The molecule has 0 bridgehead atoms. The number of amides is 1. The molecule has 2 atom stereocenters. The van der Waals surface area contributed by atoms with Crippen LogP contribution in [0.3, 0.4) is 0 Å². The molecule has 2 unspecified atom stereocenters. The molecular weight excluding hydrogens is 312 g/mol. The van der Waals surface area contributed by atoms with Gasteiger partial charge in [-0.1, -0.05) is 42.5 Å². The van der Waals surface area contributed by atoms with Crippen LogP contribution in [0.2, 0.25) is 0 Å². The first-order chi connectivity index (χ1) is 10.6. The fourth-order valence-corrected chi connectivity index (χ4v) is 3.08. The van der Waals surface area contributed by atoms with Crippen molar-refractivity contribution in [3.05, 3.63) is 48.0 Å². The third kappa shape index (κ3) is 4.02. The van der Waals surface area contributed by atoms with Crippen LogP contribution in [0.4, 0.5) is 0 Å². The molecule has 124 valence electrons. The molecule has 0 saturated carbocycles. The number of halogens is 1. The zero-order valence-electron chi connectivity index (χ0n) is 13.2. The topological polar surface area (TPSA) is 52.6 Å². The second-order valence-corrected chi connectivity index (χ2v) is 6.00. The molecular formula is C18H23ClN2O2. The first-order valence-corrected chi connectivity index (χ1v) is 7.78. The third-order valence-electron chi connectivity index (χ3n) is 4.38. The van der Waals surface area contributed by atoms with Crippen molar-refractivity contribution in [1.29, 1.82) is 0 Å². The molecule has 0 radical (unpaired) electrons. The highest BCUT2D eigenvalue weighted by atomic mass is 35.5. The maximum atomic E-state index is 12.3. The Kier molecular flexibility index (Phi) is 5.99. The summed E-state index contributed by atoms with van der Waals surface area (Å²) >= 11 is 0. The number of rotatable bonds is 4. The van der Waals surface area contributed by atoms with Gasteiger partial charge in [0.05, 0.1) is 12.1 Å². The molecule has 1 amide bonds. The number of hydrogen-bond acceptors (Lipinski definition) is 3. The van der Waals surface area contributed by atoms with Crippen molar-refractivity contribution in [2.24, 2.45) is 0 Å². The van der Waals surface area contributed by atoms with Crippen molar-refractivity contribution in [3.63, 3.8) is 0 Å². The van der Waals surface area contributed by atoms with Crippen LogP contribution in [0.15, 0.2) is 42.5 Å². The van der Waals surface area contributed by atoms with Crippen LogP contribution in [-0.2, 0) is 11.2 Å². The normalized spacial score (nSPS) is 20.3. The standard InChI is InChI=1S/C18H22N2O2.ClH/c1-20(18(22)17-11-15(21)12-19-17)10-9-14-7-4-6-13-5-2-3-8-16(13)14;/h2-8,15,17,19,21H,9-12H2,1H3;1H. The van der Waals surface area contributed by atoms with Crippen molar-refractivity contribution in [2.45, 2.75) is 25.0 Å². The van der Waals surface area contributed by atoms with Gasteiger partial charge < -0.3 is 15.3 Å². The van der Waals surface area contributed by atoms with Gasteiger partial charge in [-0.15, -0.1) is 12.4 Å². The molecule has 0 aromatic heterocycles. The summed E-state index contributed by atoms with van der Waals surface area (Å²) in [4.78, 5) is 14.1. The van der Waals surface area contributed by atoms with Crippen molar-refractivity contribution < 1.29 is 9.90 Å². The Balaban J connectivity index is 0.00000192. The van der Waals surface area contributed by atoms with E-state index in [1.54, 1.807) is 4.90 Å². The minimum atomic E-state index is -0.402. The van der Waals surface area contributed by atoms with E-state index in [4.69, 9.17) is 0 Å². The number of hydrogen-bond donors (Lipinski definition) is 2. The summed E-state index contributed by atoms with van der Waals surface area (Å²) in [6, 6.07) is 14.4. The van der Waals surface area contributed by atoms with Crippen molar-refractivity contribution in [1.82, 2.24) is 10.2 Å². The number of carbonyl (C=O) groups is 1. The van der Waals surface area contributed by atoms with Crippen LogP contribution < -0.4 is 5.32 Å². The van der Waals surface area contributed by atoms with Gasteiger partial charge >= 0.3 is 0 Å². The molecule has 23 heavy (non-hydrogen) atoms. The van der Waals surface area contributed by atoms with Gasteiger partial charge in [0.2, 0.25) is 5.91 Å². The van der Waals surface area contributed by atoms with Gasteiger partial charge in [0.1, 0.15) is 0 Å². The second kappa shape index (κ2) is 7.77. The van der Waals surface area contributed by atoms with Gasteiger partial charge in [-0.3, -0.25) is 4.79 Å². The lowest BCUT2D eigenvalue weighted by Crippen LogP contribution is -2.42. The first-order valence-electron chi connectivity index (χ1n) is 7.78. The van der Waals surface area contributed by atoms with Crippen LogP contribution in [0.25, 0.3) is 10.8 Å². The first kappa shape index (κ1) is 17.7. The van der Waals surface area contributed by atoms with Gasteiger partial charge in [-0.2, -0.15) is 0 Å². The van der Waals surface area contributed by atoms with E-state index < -0.39 is 6.10 Å². The molecule has 2 aromatic carbocycles. The lowest BCUT2D eigenvalue weighted by molar-refractivity contribution is -0.131. The minimum Gasteiger partial charge on any atom is -0.392 e. The van der Waals surface area contributed by atoms with Gasteiger partial charge in [-0.05, 0) is 29.2 Å². The number of carbonyl (C=O) groups excluding carboxylic acids is 1. The number of fused-ring (bicyclic) bond motifs is 1. The number of aliphatic hydroxyl groups is 1. The zero-order valence-corrected chi connectivity index (χ0v) is 14.1. The molecule has 2 aromatic rings. The lowest BCUT2D eigenvalue weighted by atomic mass is 10.0. The molecule has 1 aliphatic rings. The van der Waals surface area contributed by atoms with E-state index in [0.29, 0.717) is 19.5 Å². The summed E-state index contributed by atoms with van der Waals surface area (Å²) in [6.07, 6.45) is 0.941. The Morgan fingerprint density at radius 2 is 2.00 bits per heavy atom. The highest BCUT2D eigenvalue weighted by Crippen LogP contribution is 2.19. The minimum absolute atomic E-state index is 0. The Hall–Kier alpha value is -1.62. The van der Waals surface area contributed by atoms with Crippen molar-refractivity contribution in [2.75, 3.05) is 20.1 Å². The van der Waals surface area contributed by atoms with Crippen LogP contribution in [0, 0.1) is 0 Å². The van der Waals surface area contributed by atoms with Crippen LogP contribution >= 0.6 is 12.4 Å². The average Bonchev–Trinajstić information content (AvgIpc) is 2.98. The van der Waals surface area contributed by atoms with Gasteiger partial charge in [0, 0.05) is 20.1 Å². The highest BCUT2D eigenvalue weighted by molar-refractivity contribution is 5.86. The second-order valence-electron chi connectivity index (χ2n) is 6.00. The number of β-amino-alcohol motifs (C(OH)–C–C–N with tert-alkyl or cyclic N) is 1. The monoisotopic (exact) mass is 334 g/mol. The SMILES string of the molecule is CN(CCc1cccc2ccccc12)C(=O)C1CC(O)CN1.Cl. The van der Waals surface area contributed by atoms with Crippen molar-refractivity contribution >= 4 is 29.1 Å². The molecule has 3 rings (SSSR count). The molecule has 0 aliphatic carbocycles. The van der Waals surface area contributed by atoms with E-state index in [-0.39, 0.29) is 24.4 Å². The molecule has 2 N–H and O–H groups in total. The zero-order chi connectivity index (χ0) is 15.5. The number of aliphatic hydroxyl groups excluding tert-OH is 1. The summed E-state index contributed by atoms with van der Waals surface area (Å²) in [6.45, 7) is 1.19. The predicted octanol–water partition coefficient (Wildman–Crippen LogP) is 1.99. The van der Waals surface area contributed by atoms with E-state index in [1.165, 1.54) is 16.3 Å². The third-order valence-corrected chi connectivity index (χ3v) is 4.38. The summed E-state index contributed by atoms with van der Waals surface area (Å²) in [5.74, 6) is 0.0665. The summed E-state index contributed by atoms with van der Waals surface area (Å²) in [7, 11) is 1.83. The molecule has 1 saturated heterocycles. The Morgan fingerprint density at radius 1 is 1.26 bits per heavy atom. The van der Waals surface area contributed by atoms with Gasteiger partial charge in [-0.25, -0.2) is 0 Å². The maximum absolute atomic E-state index is 12.3. The fourth-order valence-electron chi connectivity index (χ4n) is 3.08.